The summed E-state index contributed by atoms with van der Waals surface area (Å²) >= 11 is 12.3. The molecule has 0 bridgehead atoms. The van der Waals surface area contributed by atoms with Gasteiger partial charge in [0.15, 0.2) is 11.6 Å². The average Bonchev–Trinajstić information content (AvgIpc) is 3.31. The van der Waals surface area contributed by atoms with E-state index in [1.807, 2.05) is 10.9 Å². The minimum Gasteiger partial charge on any atom is -0.482 e. The molecule has 1 aliphatic heterocycles. The van der Waals surface area contributed by atoms with Crippen LogP contribution in [0, 0.1) is 11.7 Å². The SMILES string of the molecule is CC(Oc1cc(-c2cnn(CC3CCN(C(=O)CO)CC3)c2)cnc1N)c1c(Cl)ccc(F)c1Cl. The number of anilines is 1. The Balaban J connectivity index is 1.45. The number of nitrogens with two attached hydrogens (primary N) is 1. The molecule has 3 heterocycles. The van der Waals surface area contributed by atoms with Gasteiger partial charge in [0, 0.05) is 53.7 Å². The zero-order valence-corrected chi connectivity index (χ0v) is 20.6. The lowest BCUT2D eigenvalue weighted by atomic mass is 9.97. The Kier molecular flexibility index (Phi) is 7.78. The molecule has 3 aromatic rings. The lowest BCUT2D eigenvalue weighted by Crippen LogP contribution is -2.40. The van der Waals surface area contributed by atoms with Crippen LogP contribution in [0.2, 0.25) is 10.0 Å². The molecule has 4 rings (SSSR count). The maximum atomic E-state index is 13.9. The van der Waals surface area contributed by atoms with Gasteiger partial charge in [-0.3, -0.25) is 9.48 Å². The number of aromatic nitrogens is 3. The fourth-order valence-corrected chi connectivity index (χ4v) is 4.89. The van der Waals surface area contributed by atoms with Gasteiger partial charge in [0.25, 0.3) is 0 Å². The average molecular weight is 522 g/mol. The van der Waals surface area contributed by atoms with Crippen LogP contribution in [0.4, 0.5) is 10.2 Å². The number of piperidine rings is 1. The first-order valence-corrected chi connectivity index (χ1v) is 12.0. The normalized spacial score (nSPS) is 15.3. The van der Waals surface area contributed by atoms with Crippen LogP contribution in [0.5, 0.6) is 5.75 Å². The minimum absolute atomic E-state index is 0.0967. The highest BCUT2D eigenvalue weighted by atomic mass is 35.5. The van der Waals surface area contributed by atoms with Gasteiger partial charge in [-0.2, -0.15) is 5.10 Å². The molecule has 1 aliphatic rings. The molecule has 1 fully saturated rings. The number of halogens is 3. The van der Waals surface area contributed by atoms with Crippen molar-refractivity contribution in [2.24, 2.45) is 5.92 Å². The Morgan fingerprint density at radius 1 is 1.29 bits per heavy atom. The van der Waals surface area contributed by atoms with Gasteiger partial charge in [0.05, 0.1) is 11.2 Å². The first-order valence-electron chi connectivity index (χ1n) is 11.2. The lowest BCUT2D eigenvalue weighted by Gasteiger charge is -2.31. The first kappa shape index (κ1) is 25.2. The molecule has 8 nitrogen and oxygen atoms in total. The molecular formula is C24H26Cl2FN5O3. The second kappa shape index (κ2) is 10.8. The van der Waals surface area contributed by atoms with Crippen LogP contribution in [0.15, 0.2) is 36.8 Å². The van der Waals surface area contributed by atoms with Crippen molar-refractivity contribution in [1.29, 1.82) is 0 Å². The zero-order valence-electron chi connectivity index (χ0n) is 19.1. The maximum Gasteiger partial charge on any atom is 0.248 e. The highest BCUT2D eigenvalue weighted by Crippen LogP contribution is 2.37. The summed E-state index contributed by atoms with van der Waals surface area (Å²) in [5.74, 6) is 0.0749. The topological polar surface area (TPSA) is 106 Å². The van der Waals surface area contributed by atoms with Crippen molar-refractivity contribution in [2.45, 2.75) is 32.4 Å². The van der Waals surface area contributed by atoms with Gasteiger partial charge in [-0.05, 0) is 43.9 Å². The van der Waals surface area contributed by atoms with E-state index in [0.29, 0.717) is 35.3 Å². The number of carbonyl (C=O) groups is 1. The molecule has 0 aliphatic carbocycles. The van der Waals surface area contributed by atoms with Crippen LogP contribution in [0.1, 0.15) is 31.4 Å². The van der Waals surface area contributed by atoms with Gasteiger partial charge in [0.2, 0.25) is 5.91 Å². The van der Waals surface area contributed by atoms with Crippen molar-refractivity contribution in [1.82, 2.24) is 19.7 Å². The number of rotatable bonds is 7. The Morgan fingerprint density at radius 3 is 2.74 bits per heavy atom. The van der Waals surface area contributed by atoms with Crippen LogP contribution in [0.3, 0.4) is 0 Å². The van der Waals surface area contributed by atoms with Gasteiger partial charge in [-0.1, -0.05) is 23.2 Å². The van der Waals surface area contributed by atoms with E-state index in [4.69, 9.17) is 38.8 Å². The van der Waals surface area contributed by atoms with Gasteiger partial charge in [-0.15, -0.1) is 0 Å². The minimum atomic E-state index is -0.670. The summed E-state index contributed by atoms with van der Waals surface area (Å²) in [4.78, 5) is 17.6. The molecule has 0 radical (unpaired) electrons. The molecular weight excluding hydrogens is 496 g/mol. The Hall–Kier alpha value is -2.88. The van der Waals surface area contributed by atoms with Crippen LogP contribution >= 0.6 is 23.2 Å². The highest BCUT2D eigenvalue weighted by molar-refractivity contribution is 6.36. The van der Waals surface area contributed by atoms with Gasteiger partial charge in [-0.25, -0.2) is 9.37 Å². The van der Waals surface area contributed by atoms with E-state index in [-0.39, 0.29) is 16.7 Å². The van der Waals surface area contributed by atoms with Crippen molar-refractivity contribution in [3.8, 4) is 16.9 Å². The summed E-state index contributed by atoms with van der Waals surface area (Å²) < 4.78 is 21.8. The second-order valence-corrected chi connectivity index (χ2v) is 9.34. The highest BCUT2D eigenvalue weighted by Gasteiger charge is 2.23. The first-order chi connectivity index (χ1) is 16.8. The molecule has 186 valence electrons. The third-order valence-corrected chi connectivity index (χ3v) is 6.90. The van der Waals surface area contributed by atoms with E-state index in [2.05, 4.69) is 10.1 Å². The molecule has 2 aromatic heterocycles. The van der Waals surface area contributed by atoms with Crippen LogP contribution in [0.25, 0.3) is 11.1 Å². The summed E-state index contributed by atoms with van der Waals surface area (Å²) in [6.07, 6.45) is 6.33. The van der Waals surface area contributed by atoms with Crippen LogP contribution in [-0.2, 0) is 11.3 Å². The number of aliphatic hydroxyl groups is 1. The second-order valence-electron chi connectivity index (χ2n) is 8.56. The number of ether oxygens (including phenoxy) is 1. The zero-order chi connectivity index (χ0) is 25.1. The molecule has 1 saturated heterocycles. The van der Waals surface area contributed by atoms with Gasteiger partial charge >= 0.3 is 0 Å². The molecule has 11 heteroatoms. The quantitative estimate of drug-likeness (QED) is 0.447. The summed E-state index contributed by atoms with van der Waals surface area (Å²) in [6.45, 7) is 3.25. The number of benzene rings is 1. The third-order valence-electron chi connectivity index (χ3n) is 6.19. The molecule has 1 atom stereocenters. The summed E-state index contributed by atoms with van der Waals surface area (Å²) in [5, 5.41) is 13.7. The van der Waals surface area contributed by atoms with Crippen molar-refractivity contribution < 1.29 is 19.0 Å². The fraction of sp³-hybridized carbons (Fsp3) is 0.375. The largest absolute Gasteiger partial charge is 0.482 e. The van der Waals surface area contributed by atoms with Gasteiger partial charge < -0.3 is 20.5 Å². The standard InChI is InChI=1S/C24H26Cl2FN5O3/c1-14(22-18(25)2-3-19(27)23(22)26)35-20-8-16(9-29-24(20)28)17-10-30-32(12-17)11-15-4-6-31(7-5-15)21(34)13-33/h2-3,8-10,12,14-15,33H,4-7,11,13H2,1H3,(H2,28,29). The summed E-state index contributed by atoms with van der Waals surface area (Å²) in [5.41, 5.74) is 7.96. The van der Waals surface area contributed by atoms with E-state index in [1.165, 1.54) is 12.1 Å². The number of nitrogen functional groups attached to an aromatic ring is 1. The number of aliphatic hydroxyl groups excluding tert-OH is 1. The monoisotopic (exact) mass is 521 g/mol. The van der Waals surface area contributed by atoms with Crippen LogP contribution < -0.4 is 10.5 Å². The van der Waals surface area contributed by atoms with Crippen molar-refractivity contribution in [3.63, 3.8) is 0 Å². The number of nitrogens with zero attached hydrogens (tertiary/aromatic N) is 4. The summed E-state index contributed by atoms with van der Waals surface area (Å²) in [7, 11) is 0. The fourth-order valence-electron chi connectivity index (χ4n) is 4.21. The Morgan fingerprint density at radius 2 is 2.03 bits per heavy atom. The van der Waals surface area contributed by atoms with E-state index >= 15 is 0 Å². The molecule has 0 spiro atoms. The molecule has 1 unspecified atom stereocenters. The molecule has 1 amide bonds. The third kappa shape index (κ3) is 5.69. The van der Waals surface area contributed by atoms with Crippen molar-refractivity contribution in [3.05, 3.63) is 58.2 Å². The number of hydrogen-bond donors (Lipinski definition) is 2. The van der Waals surface area contributed by atoms with Crippen LogP contribution in [-0.4, -0.2) is 50.4 Å². The number of carbonyl (C=O) groups excluding carboxylic acids is 1. The number of pyridine rings is 1. The molecule has 1 aromatic carbocycles. The summed E-state index contributed by atoms with van der Waals surface area (Å²) in [6, 6.07) is 4.38. The molecule has 3 N–H and O–H groups in total. The predicted molar refractivity (Wildman–Crippen MR) is 132 cm³/mol. The molecule has 0 saturated carbocycles. The number of likely N-dealkylation sites (tertiary alicyclic amines) is 1. The maximum absolute atomic E-state index is 13.9. The Bertz CT molecular complexity index is 1210. The molecule has 35 heavy (non-hydrogen) atoms. The predicted octanol–water partition coefficient (Wildman–Crippen LogP) is 4.34. The lowest BCUT2D eigenvalue weighted by molar-refractivity contribution is -0.135. The van der Waals surface area contributed by atoms with E-state index in [9.17, 15) is 9.18 Å². The smallest absolute Gasteiger partial charge is 0.248 e. The van der Waals surface area contributed by atoms with E-state index < -0.39 is 18.5 Å². The van der Waals surface area contributed by atoms with Gasteiger partial charge in [0.1, 0.15) is 18.5 Å². The van der Waals surface area contributed by atoms with Crippen molar-refractivity contribution in [2.75, 3.05) is 25.4 Å². The number of hydrogen-bond acceptors (Lipinski definition) is 6. The van der Waals surface area contributed by atoms with E-state index in [0.717, 1.165) is 30.5 Å². The number of amides is 1. The van der Waals surface area contributed by atoms with Crippen molar-refractivity contribution >= 4 is 34.9 Å². The Labute approximate surface area is 212 Å². The van der Waals surface area contributed by atoms with E-state index in [1.54, 1.807) is 30.3 Å².